The number of sulfonamides is 1. The van der Waals surface area contributed by atoms with Crippen LogP contribution in [-0.2, 0) is 10.0 Å². The third-order valence-corrected chi connectivity index (χ3v) is 3.93. The predicted molar refractivity (Wildman–Crippen MR) is 70.3 cm³/mol. The minimum absolute atomic E-state index is 0.454. The van der Waals surface area contributed by atoms with Crippen molar-refractivity contribution in [2.24, 2.45) is 0 Å². The Morgan fingerprint density at radius 3 is 2.38 bits per heavy atom. The van der Waals surface area contributed by atoms with E-state index >= 15 is 0 Å². The quantitative estimate of drug-likeness (QED) is 0.694. The molecule has 21 heavy (non-hydrogen) atoms. The molecule has 1 N–H and O–H groups in total. The number of anilines is 1. The van der Waals surface area contributed by atoms with Crippen LogP contribution in [0.4, 0.5) is 20.2 Å². The van der Waals surface area contributed by atoms with Gasteiger partial charge in [-0.3, -0.25) is 14.8 Å². The van der Waals surface area contributed by atoms with Crippen LogP contribution < -0.4 is 4.72 Å². The topological polar surface area (TPSA) is 89.3 Å². The molecule has 0 spiro atoms. The first kappa shape index (κ1) is 14.9. The Balaban J connectivity index is 2.47. The SMILES string of the molecule is O=[N+]([O-])c1cc(F)ccc1NS(=O)(=O)c1ccccc1F. The van der Waals surface area contributed by atoms with E-state index < -0.39 is 42.9 Å². The number of rotatable bonds is 4. The largest absolute Gasteiger partial charge is 0.296 e. The second-order valence-electron chi connectivity index (χ2n) is 3.95. The molecule has 0 amide bonds. The van der Waals surface area contributed by atoms with Crippen LogP contribution >= 0.6 is 0 Å². The van der Waals surface area contributed by atoms with Crippen molar-refractivity contribution in [1.29, 1.82) is 0 Å². The molecule has 0 aliphatic carbocycles. The summed E-state index contributed by atoms with van der Waals surface area (Å²) >= 11 is 0. The summed E-state index contributed by atoms with van der Waals surface area (Å²) in [6.07, 6.45) is 0. The maximum atomic E-state index is 13.5. The predicted octanol–water partition coefficient (Wildman–Crippen LogP) is 2.67. The molecule has 0 radical (unpaired) electrons. The van der Waals surface area contributed by atoms with Crippen molar-refractivity contribution in [1.82, 2.24) is 0 Å². The molecule has 0 aliphatic rings. The molecule has 0 saturated carbocycles. The standard InChI is InChI=1S/C12H8F2N2O4S/c13-8-5-6-10(11(7-8)16(17)18)15-21(19,20)12-4-2-1-3-9(12)14/h1-7,15H. The van der Waals surface area contributed by atoms with E-state index in [0.29, 0.717) is 6.07 Å². The second kappa shape index (κ2) is 5.44. The van der Waals surface area contributed by atoms with E-state index in [4.69, 9.17) is 0 Å². The van der Waals surface area contributed by atoms with Crippen molar-refractivity contribution in [2.75, 3.05) is 4.72 Å². The van der Waals surface area contributed by atoms with Crippen molar-refractivity contribution in [2.45, 2.75) is 4.90 Å². The molecule has 2 aromatic rings. The fourth-order valence-electron chi connectivity index (χ4n) is 1.60. The molecule has 0 aliphatic heterocycles. The number of nitro groups is 1. The molecule has 2 aromatic carbocycles. The molecule has 0 saturated heterocycles. The maximum Gasteiger partial charge on any atom is 0.296 e. The summed E-state index contributed by atoms with van der Waals surface area (Å²) < 4.78 is 52.4. The van der Waals surface area contributed by atoms with Gasteiger partial charge in [-0.05, 0) is 24.3 Å². The second-order valence-corrected chi connectivity index (χ2v) is 5.61. The van der Waals surface area contributed by atoms with Gasteiger partial charge in [0.15, 0.2) is 0 Å². The number of benzene rings is 2. The maximum absolute atomic E-state index is 13.5. The molecular formula is C12H8F2N2O4S. The Hall–Kier alpha value is -2.55. The smallest absolute Gasteiger partial charge is 0.273 e. The van der Waals surface area contributed by atoms with Gasteiger partial charge in [-0.25, -0.2) is 17.2 Å². The van der Waals surface area contributed by atoms with E-state index in [9.17, 15) is 27.3 Å². The van der Waals surface area contributed by atoms with Gasteiger partial charge in [-0.1, -0.05) is 12.1 Å². The van der Waals surface area contributed by atoms with Crippen LogP contribution in [0.2, 0.25) is 0 Å². The average molecular weight is 314 g/mol. The highest BCUT2D eigenvalue weighted by molar-refractivity contribution is 7.92. The molecule has 0 bridgehead atoms. The van der Waals surface area contributed by atoms with Crippen LogP contribution in [0.1, 0.15) is 0 Å². The Labute approximate surface area is 118 Å². The van der Waals surface area contributed by atoms with Gasteiger partial charge in [0.2, 0.25) is 0 Å². The number of hydrogen-bond acceptors (Lipinski definition) is 4. The lowest BCUT2D eigenvalue weighted by molar-refractivity contribution is -0.384. The van der Waals surface area contributed by atoms with Crippen LogP contribution in [0.5, 0.6) is 0 Å². The number of nitrogens with one attached hydrogen (secondary N) is 1. The van der Waals surface area contributed by atoms with Gasteiger partial charge in [0.05, 0.1) is 11.0 Å². The molecular weight excluding hydrogens is 306 g/mol. The van der Waals surface area contributed by atoms with Crippen LogP contribution in [0.3, 0.4) is 0 Å². The monoisotopic (exact) mass is 314 g/mol. The highest BCUT2D eigenvalue weighted by atomic mass is 32.2. The van der Waals surface area contributed by atoms with Gasteiger partial charge in [0.25, 0.3) is 15.7 Å². The van der Waals surface area contributed by atoms with E-state index in [1.54, 1.807) is 0 Å². The lowest BCUT2D eigenvalue weighted by Crippen LogP contribution is -2.15. The first-order valence-electron chi connectivity index (χ1n) is 5.52. The number of hydrogen-bond donors (Lipinski definition) is 1. The number of nitrogens with zero attached hydrogens (tertiary/aromatic N) is 1. The molecule has 0 unspecified atom stereocenters. The molecule has 0 fully saturated rings. The summed E-state index contributed by atoms with van der Waals surface area (Å²) in [6, 6.07) is 6.86. The summed E-state index contributed by atoms with van der Waals surface area (Å²) in [7, 11) is -4.36. The highest BCUT2D eigenvalue weighted by Crippen LogP contribution is 2.28. The number of nitro benzene ring substituents is 1. The minimum atomic E-state index is -4.36. The summed E-state index contributed by atoms with van der Waals surface area (Å²) in [5.74, 6) is -1.90. The van der Waals surface area contributed by atoms with E-state index in [-0.39, 0.29) is 0 Å². The van der Waals surface area contributed by atoms with Crippen LogP contribution in [0.25, 0.3) is 0 Å². The zero-order chi connectivity index (χ0) is 15.6. The zero-order valence-corrected chi connectivity index (χ0v) is 11.1. The van der Waals surface area contributed by atoms with Crippen molar-refractivity contribution < 1.29 is 22.1 Å². The Morgan fingerprint density at radius 1 is 1.10 bits per heavy atom. The average Bonchev–Trinajstić information content (AvgIpc) is 2.40. The van der Waals surface area contributed by atoms with Gasteiger partial charge in [0.1, 0.15) is 22.2 Å². The summed E-state index contributed by atoms with van der Waals surface area (Å²) in [6.45, 7) is 0. The Bertz CT molecular complexity index is 809. The minimum Gasteiger partial charge on any atom is -0.273 e. The zero-order valence-electron chi connectivity index (χ0n) is 10.3. The molecule has 2 rings (SSSR count). The van der Waals surface area contributed by atoms with Crippen molar-refractivity contribution in [3.63, 3.8) is 0 Å². The van der Waals surface area contributed by atoms with Gasteiger partial charge >= 0.3 is 0 Å². The molecule has 0 heterocycles. The van der Waals surface area contributed by atoms with E-state index in [1.165, 1.54) is 12.1 Å². The summed E-state index contributed by atoms with van der Waals surface area (Å²) in [5.41, 5.74) is -1.22. The molecule has 9 heteroatoms. The molecule has 110 valence electrons. The van der Waals surface area contributed by atoms with Gasteiger partial charge < -0.3 is 0 Å². The Morgan fingerprint density at radius 2 is 1.76 bits per heavy atom. The molecule has 0 atom stereocenters. The van der Waals surface area contributed by atoms with Gasteiger partial charge in [-0.2, -0.15) is 0 Å². The third-order valence-electron chi connectivity index (χ3n) is 2.53. The normalized spacial score (nSPS) is 11.1. The lowest BCUT2D eigenvalue weighted by Gasteiger charge is -2.09. The van der Waals surface area contributed by atoms with Crippen LogP contribution in [-0.4, -0.2) is 13.3 Å². The van der Waals surface area contributed by atoms with Crippen molar-refractivity contribution >= 4 is 21.4 Å². The molecule has 6 nitrogen and oxygen atoms in total. The van der Waals surface area contributed by atoms with Crippen LogP contribution in [0, 0.1) is 21.7 Å². The highest BCUT2D eigenvalue weighted by Gasteiger charge is 2.23. The van der Waals surface area contributed by atoms with Gasteiger partial charge in [0, 0.05) is 0 Å². The number of halogens is 2. The fraction of sp³-hybridized carbons (Fsp3) is 0. The van der Waals surface area contributed by atoms with Crippen molar-refractivity contribution in [3.8, 4) is 0 Å². The lowest BCUT2D eigenvalue weighted by atomic mass is 10.3. The third kappa shape index (κ3) is 3.14. The van der Waals surface area contributed by atoms with Crippen LogP contribution in [0.15, 0.2) is 47.4 Å². The van der Waals surface area contributed by atoms with E-state index in [2.05, 4.69) is 0 Å². The molecule has 0 aromatic heterocycles. The van der Waals surface area contributed by atoms with Gasteiger partial charge in [-0.15, -0.1) is 0 Å². The fourth-order valence-corrected chi connectivity index (χ4v) is 2.76. The first-order valence-corrected chi connectivity index (χ1v) is 7.01. The summed E-state index contributed by atoms with van der Waals surface area (Å²) in [4.78, 5) is 9.19. The van der Waals surface area contributed by atoms with E-state index in [1.807, 2.05) is 4.72 Å². The van der Waals surface area contributed by atoms with E-state index in [0.717, 1.165) is 24.3 Å². The van der Waals surface area contributed by atoms with Crippen molar-refractivity contribution in [3.05, 3.63) is 64.2 Å². The Kier molecular flexibility index (Phi) is 3.85. The summed E-state index contributed by atoms with van der Waals surface area (Å²) in [5, 5.41) is 10.8. The first-order chi connectivity index (χ1) is 9.81.